The quantitative estimate of drug-likeness (QED) is 0.0775. The van der Waals surface area contributed by atoms with Crippen LogP contribution in [0.25, 0.3) is 10.9 Å². The molecule has 8 N–H and O–H groups in total. The van der Waals surface area contributed by atoms with Crippen molar-refractivity contribution < 1.29 is 72.4 Å². The van der Waals surface area contributed by atoms with E-state index in [1.54, 1.807) is 6.07 Å². The predicted molar refractivity (Wildman–Crippen MR) is 219 cm³/mol. The van der Waals surface area contributed by atoms with Crippen LogP contribution in [0.2, 0.25) is 0 Å². The molecule has 0 radical (unpaired) electrons. The number of carbonyl (C=O) groups is 9. The van der Waals surface area contributed by atoms with Crippen LogP contribution in [0.5, 0.6) is 0 Å². The van der Waals surface area contributed by atoms with E-state index in [-0.39, 0.29) is 87.1 Å². The number of aliphatic carboxylic acids is 3. The molecule has 2 aliphatic rings. The van der Waals surface area contributed by atoms with Gasteiger partial charge in [0.05, 0.1) is 62.4 Å². The molecular weight excluding hydrogens is 868 g/mol. The van der Waals surface area contributed by atoms with Crippen LogP contribution in [-0.2, 0) is 33.6 Å². The molecule has 26 heteroatoms. The van der Waals surface area contributed by atoms with Crippen molar-refractivity contribution in [1.29, 1.82) is 5.26 Å². The smallest absolute Gasteiger partial charge is 0.409 e. The van der Waals surface area contributed by atoms with Gasteiger partial charge >= 0.3 is 24.0 Å². The Balaban J connectivity index is 1.23. The number of nitrogens with zero attached hydrogens (tertiary/aromatic N) is 7. The summed E-state index contributed by atoms with van der Waals surface area (Å²) < 4.78 is 27.6. The number of carboxylic acids is 3. The summed E-state index contributed by atoms with van der Waals surface area (Å²) in [6.45, 7) is -3.65. The van der Waals surface area contributed by atoms with Crippen molar-refractivity contribution in [3.8, 4) is 6.07 Å². The van der Waals surface area contributed by atoms with Gasteiger partial charge < -0.3 is 46.6 Å². The van der Waals surface area contributed by atoms with E-state index in [2.05, 4.69) is 26.3 Å². The lowest BCUT2D eigenvalue weighted by atomic mass is 10.1. The number of benzene rings is 1. The molecule has 0 spiro atoms. The van der Waals surface area contributed by atoms with Gasteiger partial charge in [0.25, 0.3) is 11.8 Å². The molecule has 2 aromatic rings. The highest BCUT2D eigenvalue weighted by Crippen LogP contribution is 2.31. The molecule has 1 aromatic heterocycles. The number of para-hydroxylation sites is 1. The van der Waals surface area contributed by atoms with E-state index in [0.29, 0.717) is 4.90 Å². The fourth-order valence-electron chi connectivity index (χ4n) is 7.13. The maximum Gasteiger partial charge on any atom is 0.409 e. The fourth-order valence-corrected chi connectivity index (χ4v) is 7.13. The molecule has 4 rings (SSSR count). The molecule has 1 aromatic carbocycles. The molecule has 0 bridgehead atoms. The van der Waals surface area contributed by atoms with Gasteiger partial charge in [0.2, 0.25) is 23.6 Å². The van der Waals surface area contributed by atoms with Crippen LogP contribution >= 0.6 is 0 Å². The first-order chi connectivity index (χ1) is 30.8. The molecule has 6 amide bonds. The van der Waals surface area contributed by atoms with Crippen LogP contribution in [0.1, 0.15) is 42.5 Å². The number of fused-ring (bicyclic) bond motifs is 1. The number of alkyl halides is 2. The number of likely N-dealkylation sites (tertiary alicyclic amines) is 1. The van der Waals surface area contributed by atoms with Crippen molar-refractivity contribution >= 4 is 70.1 Å². The molecule has 352 valence electrons. The first-order valence-electron chi connectivity index (χ1n) is 20.2. The summed E-state index contributed by atoms with van der Waals surface area (Å²) in [5.74, 6) is -10.4. The Bertz CT molecular complexity index is 2180. The second-order valence-electron chi connectivity index (χ2n) is 15.1. The maximum atomic E-state index is 13.8. The number of carbonyl (C=O) groups excluding carboxylic acids is 5. The second-order valence-corrected chi connectivity index (χ2v) is 15.1. The topological polar surface area (TPSA) is 336 Å². The van der Waals surface area contributed by atoms with Gasteiger partial charge in [-0.3, -0.25) is 62.9 Å². The van der Waals surface area contributed by atoms with Gasteiger partial charge in [-0.15, -0.1) is 0 Å². The molecule has 24 nitrogen and oxygen atoms in total. The number of amides is 6. The van der Waals surface area contributed by atoms with Gasteiger partial charge in [-0.2, -0.15) is 5.26 Å². The third-order valence-corrected chi connectivity index (χ3v) is 10.3. The highest BCUT2D eigenvalue weighted by Gasteiger charge is 2.47. The monoisotopic (exact) mass is 917 g/mol. The Hall–Kier alpha value is -7.11. The number of rotatable bonds is 19. The van der Waals surface area contributed by atoms with Gasteiger partial charge in [0, 0.05) is 76.5 Å². The van der Waals surface area contributed by atoms with Gasteiger partial charge in [0.1, 0.15) is 12.1 Å². The normalized spacial score (nSPS) is 17.6. The minimum atomic E-state index is -3.22. The Morgan fingerprint density at radius 1 is 0.815 bits per heavy atom. The number of aromatic nitrogens is 1. The Kier molecular flexibility index (Phi) is 18.3. The van der Waals surface area contributed by atoms with E-state index in [4.69, 9.17) is 5.26 Å². The molecule has 2 saturated heterocycles. The van der Waals surface area contributed by atoms with E-state index in [9.17, 15) is 72.4 Å². The molecular formula is C39H49F2N11O13. The Morgan fingerprint density at radius 2 is 1.45 bits per heavy atom. The van der Waals surface area contributed by atoms with Crippen LogP contribution in [0.15, 0.2) is 30.5 Å². The molecule has 0 saturated carbocycles. The predicted octanol–water partition coefficient (Wildman–Crippen LogP) is -1.11. The first-order valence-corrected chi connectivity index (χ1v) is 20.2. The Morgan fingerprint density at radius 3 is 2.09 bits per heavy atom. The summed E-state index contributed by atoms with van der Waals surface area (Å²) in [6, 6.07) is 4.85. The highest BCUT2D eigenvalue weighted by atomic mass is 19.3. The van der Waals surface area contributed by atoms with Crippen molar-refractivity contribution in [2.45, 2.75) is 50.1 Å². The number of carboxylic acid groups (broad SMARTS) is 4. The van der Waals surface area contributed by atoms with Crippen LogP contribution in [0, 0.1) is 11.3 Å². The molecule has 3 heterocycles. The molecule has 2 aliphatic heterocycles. The second kappa shape index (κ2) is 23.5. The lowest BCUT2D eigenvalue weighted by Gasteiger charge is -2.38. The lowest BCUT2D eigenvalue weighted by molar-refractivity contribution is -0.146. The number of anilines is 1. The van der Waals surface area contributed by atoms with Gasteiger partial charge in [-0.1, -0.05) is 12.1 Å². The van der Waals surface area contributed by atoms with Crippen LogP contribution in [-0.4, -0.2) is 200 Å². The van der Waals surface area contributed by atoms with Crippen LogP contribution in [0.3, 0.4) is 0 Å². The van der Waals surface area contributed by atoms with E-state index in [1.165, 1.54) is 45.2 Å². The zero-order valence-electron chi connectivity index (χ0n) is 34.9. The van der Waals surface area contributed by atoms with E-state index < -0.39 is 117 Å². The van der Waals surface area contributed by atoms with Crippen LogP contribution < -0.4 is 21.3 Å². The van der Waals surface area contributed by atoms with Gasteiger partial charge in [-0.05, 0) is 18.6 Å². The number of pyridine rings is 1. The molecule has 2 atom stereocenters. The number of hydrogen-bond donors (Lipinski definition) is 8. The lowest BCUT2D eigenvalue weighted by Crippen LogP contribution is -2.56. The maximum absolute atomic E-state index is 13.8. The summed E-state index contributed by atoms with van der Waals surface area (Å²) >= 11 is 0. The summed E-state index contributed by atoms with van der Waals surface area (Å²) in [5, 5.41) is 58.1. The van der Waals surface area contributed by atoms with Gasteiger partial charge in [0.15, 0.2) is 0 Å². The fraction of sp³-hybridized carbons (Fsp3) is 0.513. The summed E-state index contributed by atoms with van der Waals surface area (Å²) in [7, 11) is 0. The number of nitrogens with one attached hydrogen (secondary N) is 4. The summed E-state index contributed by atoms with van der Waals surface area (Å²) in [6.07, 6.45) is -2.15. The third-order valence-electron chi connectivity index (χ3n) is 10.3. The average Bonchev–Trinajstić information content (AvgIpc) is 3.57. The molecule has 65 heavy (non-hydrogen) atoms. The van der Waals surface area contributed by atoms with Crippen molar-refractivity contribution in [2.24, 2.45) is 0 Å². The molecule has 0 aliphatic carbocycles. The summed E-state index contributed by atoms with van der Waals surface area (Å²) in [5.41, 5.74) is 0.446. The van der Waals surface area contributed by atoms with Gasteiger partial charge in [-0.25, -0.2) is 13.6 Å². The first kappa shape index (κ1) is 50.5. The Labute approximate surface area is 369 Å². The highest BCUT2D eigenvalue weighted by molar-refractivity contribution is 6.10. The molecule has 2 fully saturated rings. The average molecular weight is 918 g/mol. The number of nitriles is 1. The minimum Gasteiger partial charge on any atom is -0.480 e. The van der Waals surface area contributed by atoms with Crippen LogP contribution in [0.4, 0.5) is 19.3 Å². The SMILES string of the molecule is N#C[C@@H]1CC(F)(F)CN1C(=O)CNC(=O)c1ccnc2c(NC(=O)CCC(=O)NCCNC(=O)CCC(C(=O)O)N3CCN(CC(=O)O)CCN(CC(=O)O)CN(C(=O)O)C3)cccc12. The number of halogens is 2. The molecule has 1 unspecified atom stereocenters. The van der Waals surface area contributed by atoms with Crippen molar-refractivity contribution in [3.63, 3.8) is 0 Å². The van der Waals surface area contributed by atoms with E-state index in [1.807, 2.05) is 0 Å². The zero-order chi connectivity index (χ0) is 47.8. The standard InChI is InChI=1S/C39H49F2N11O13/c40-39(41)16-24(17-42)52(21-39)32(56)18-46-36(61)26-8-9-45-35-25(26)2-1-3-27(35)47-31(55)7-6-30(54)44-11-10-43-29(53)5-4-28(37(62)63)50-15-14-48(19-33(57)58)12-13-49(20-34(59)60)22-51(23-50)38(64)65/h1-3,8-9,24,28H,4-7,10-16,18-23H2,(H,43,53)(H,44,54)(H,46,61)(H,47,55)(H,57,58)(H,59,60)(H,62,63)(H,64,65)/t24-,28?/m0/s1. The van der Waals surface area contributed by atoms with Crippen molar-refractivity contribution in [3.05, 3.63) is 36.0 Å². The minimum absolute atomic E-state index is 0.00591. The van der Waals surface area contributed by atoms with E-state index >= 15 is 0 Å². The third kappa shape index (κ3) is 15.6. The zero-order valence-corrected chi connectivity index (χ0v) is 34.9. The number of hydrogen-bond acceptors (Lipinski definition) is 14. The summed E-state index contributed by atoms with van der Waals surface area (Å²) in [4.78, 5) is 121. The van der Waals surface area contributed by atoms with E-state index in [0.717, 1.165) is 4.90 Å². The largest absolute Gasteiger partial charge is 0.480 e. The van der Waals surface area contributed by atoms with Crippen molar-refractivity contribution in [2.75, 3.05) is 84.1 Å². The van der Waals surface area contributed by atoms with Crippen molar-refractivity contribution in [1.82, 2.24) is 45.4 Å².